The zero-order valence-electron chi connectivity index (χ0n) is 41.1. The summed E-state index contributed by atoms with van der Waals surface area (Å²) in [6, 6.07) is 0. The normalized spacial score (nSPS) is 12.7. The number of unbranched alkanes of at least 4 members (excludes halogenated alkanes) is 21. The van der Waals surface area contributed by atoms with E-state index < -0.39 is 6.10 Å². The number of hydrogen-bond donors (Lipinski definition) is 0. The van der Waals surface area contributed by atoms with Crippen LogP contribution in [0.2, 0.25) is 0 Å². The van der Waals surface area contributed by atoms with Crippen LogP contribution in [0.1, 0.15) is 239 Å². The van der Waals surface area contributed by atoms with Crippen LogP contribution in [0.3, 0.4) is 0 Å². The van der Waals surface area contributed by atoms with Gasteiger partial charge in [-0.2, -0.15) is 0 Å². The molecule has 0 radical (unpaired) electrons. The van der Waals surface area contributed by atoms with Crippen molar-refractivity contribution in [1.82, 2.24) is 0 Å². The van der Waals surface area contributed by atoms with Gasteiger partial charge in [0.1, 0.15) is 13.2 Å². The van der Waals surface area contributed by atoms with E-state index in [1.54, 1.807) is 0 Å². The standard InChI is InChI=1S/C57H96O6/c1-4-7-10-13-16-19-22-24-26-27-28-29-31-33-36-39-42-45-48-51-57(60)63-54(52-61-55(58)49-46-43-40-37-34-21-18-15-12-9-6-3)53-62-56(59)50-47-44-41-38-35-32-30-25-23-20-17-14-11-8-5-2/h15-20,24-26,28-30,33,36,54H,4-14,21-23,27,31-32,34-35,37-53H2,1-3H3/b18-15-,19-16-,20-17-,26-24-,29-28-,30-25-,36-33-/t54-/m0/s1. The molecule has 63 heavy (non-hydrogen) atoms. The van der Waals surface area contributed by atoms with E-state index >= 15 is 0 Å². The first-order chi connectivity index (χ1) is 31.0. The molecule has 0 N–H and O–H groups in total. The first-order valence-electron chi connectivity index (χ1n) is 26.1. The molecule has 0 heterocycles. The second kappa shape index (κ2) is 51.2. The fourth-order valence-electron chi connectivity index (χ4n) is 6.85. The molecule has 0 bridgehead atoms. The lowest BCUT2D eigenvalue weighted by molar-refractivity contribution is -0.167. The van der Waals surface area contributed by atoms with Crippen molar-refractivity contribution in [2.75, 3.05) is 13.2 Å². The quantitative estimate of drug-likeness (QED) is 0.0262. The summed E-state index contributed by atoms with van der Waals surface area (Å²) >= 11 is 0. The maximum Gasteiger partial charge on any atom is 0.306 e. The van der Waals surface area contributed by atoms with Crippen LogP contribution in [0.15, 0.2) is 85.1 Å². The molecule has 0 amide bonds. The van der Waals surface area contributed by atoms with E-state index in [1.807, 2.05) is 0 Å². The summed E-state index contributed by atoms with van der Waals surface area (Å²) < 4.78 is 16.7. The lowest BCUT2D eigenvalue weighted by Gasteiger charge is -2.18. The summed E-state index contributed by atoms with van der Waals surface area (Å²) in [6.07, 6.45) is 65.6. The van der Waals surface area contributed by atoms with Crippen molar-refractivity contribution >= 4 is 17.9 Å². The minimum atomic E-state index is -0.802. The number of esters is 3. The average Bonchev–Trinajstić information content (AvgIpc) is 3.28. The largest absolute Gasteiger partial charge is 0.462 e. The first kappa shape index (κ1) is 59.6. The second-order valence-corrected chi connectivity index (χ2v) is 17.1. The van der Waals surface area contributed by atoms with E-state index in [4.69, 9.17) is 14.2 Å². The average molecular weight is 877 g/mol. The van der Waals surface area contributed by atoms with Crippen molar-refractivity contribution in [1.29, 1.82) is 0 Å². The van der Waals surface area contributed by atoms with Crippen molar-refractivity contribution in [2.45, 2.75) is 245 Å². The van der Waals surface area contributed by atoms with Crippen LogP contribution < -0.4 is 0 Å². The number of ether oxygens (including phenoxy) is 3. The Labute approximate surface area is 388 Å². The van der Waals surface area contributed by atoms with Crippen LogP contribution in [0.5, 0.6) is 0 Å². The number of allylic oxidation sites excluding steroid dienone is 14. The van der Waals surface area contributed by atoms with E-state index in [9.17, 15) is 14.4 Å². The van der Waals surface area contributed by atoms with E-state index in [0.717, 1.165) is 122 Å². The fraction of sp³-hybridized carbons (Fsp3) is 0.702. The monoisotopic (exact) mass is 877 g/mol. The molecule has 360 valence electrons. The van der Waals surface area contributed by atoms with Crippen molar-refractivity contribution in [3.63, 3.8) is 0 Å². The molecule has 0 aliphatic rings. The zero-order valence-corrected chi connectivity index (χ0v) is 41.1. The molecular formula is C57H96O6. The Morgan fingerprint density at radius 1 is 0.317 bits per heavy atom. The number of rotatable bonds is 46. The molecule has 0 unspecified atom stereocenters. The fourth-order valence-corrected chi connectivity index (χ4v) is 6.85. The molecule has 0 spiro atoms. The van der Waals surface area contributed by atoms with Gasteiger partial charge in [-0.05, 0) is 116 Å². The smallest absolute Gasteiger partial charge is 0.306 e. The van der Waals surface area contributed by atoms with Gasteiger partial charge in [0.15, 0.2) is 6.10 Å². The Hall–Kier alpha value is -3.41. The molecule has 6 nitrogen and oxygen atoms in total. The van der Waals surface area contributed by atoms with Crippen molar-refractivity contribution in [2.24, 2.45) is 0 Å². The third-order valence-corrected chi connectivity index (χ3v) is 10.8. The van der Waals surface area contributed by atoms with Crippen LogP contribution in [0.25, 0.3) is 0 Å². The summed E-state index contributed by atoms with van der Waals surface area (Å²) in [6.45, 7) is 6.49. The van der Waals surface area contributed by atoms with Crippen LogP contribution in [0.4, 0.5) is 0 Å². The van der Waals surface area contributed by atoms with Gasteiger partial charge in [0.05, 0.1) is 0 Å². The summed E-state index contributed by atoms with van der Waals surface area (Å²) in [5.41, 5.74) is 0. The van der Waals surface area contributed by atoms with Crippen LogP contribution in [0, 0.1) is 0 Å². The summed E-state index contributed by atoms with van der Waals surface area (Å²) in [7, 11) is 0. The summed E-state index contributed by atoms with van der Waals surface area (Å²) in [5.74, 6) is -0.955. The van der Waals surface area contributed by atoms with E-state index in [-0.39, 0.29) is 37.5 Å². The highest BCUT2D eigenvalue weighted by Gasteiger charge is 2.19. The zero-order chi connectivity index (χ0) is 45.8. The van der Waals surface area contributed by atoms with Crippen LogP contribution >= 0.6 is 0 Å². The SMILES string of the molecule is CCCC/C=C\CCCCCCCC(=O)OC[C@@H](COC(=O)CCCCCCC/C=C\C/C=C\CCCCC)OC(=O)CCCCC/C=C\C/C=C\C/C=C\C/C=C\CCCCC. The van der Waals surface area contributed by atoms with Gasteiger partial charge in [0.25, 0.3) is 0 Å². The molecule has 6 heteroatoms. The van der Waals surface area contributed by atoms with Gasteiger partial charge >= 0.3 is 17.9 Å². The molecular weight excluding hydrogens is 781 g/mol. The molecule has 0 aromatic carbocycles. The highest BCUT2D eigenvalue weighted by Crippen LogP contribution is 2.13. The minimum Gasteiger partial charge on any atom is -0.462 e. The Morgan fingerprint density at radius 2 is 0.587 bits per heavy atom. The Balaban J connectivity index is 4.47. The maximum absolute atomic E-state index is 12.8. The predicted molar refractivity (Wildman–Crippen MR) is 270 cm³/mol. The lowest BCUT2D eigenvalue weighted by Crippen LogP contribution is -2.30. The van der Waals surface area contributed by atoms with E-state index in [1.165, 1.54) is 77.0 Å². The van der Waals surface area contributed by atoms with Gasteiger partial charge < -0.3 is 14.2 Å². The summed E-state index contributed by atoms with van der Waals surface area (Å²) in [4.78, 5) is 37.9. The molecule has 0 aromatic rings. The van der Waals surface area contributed by atoms with Gasteiger partial charge in [0.2, 0.25) is 0 Å². The van der Waals surface area contributed by atoms with Gasteiger partial charge in [-0.1, -0.05) is 189 Å². The lowest BCUT2D eigenvalue weighted by atomic mass is 10.1. The molecule has 0 aliphatic carbocycles. The van der Waals surface area contributed by atoms with E-state index in [2.05, 4.69) is 106 Å². The minimum absolute atomic E-state index is 0.0992. The van der Waals surface area contributed by atoms with Crippen LogP contribution in [-0.2, 0) is 28.6 Å². The van der Waals surface area contributed by atoms with Crippen molar-refractivity contribution < 1.29 is 28.6 Å². The third kappa shape index (κ3) is 49.5. The van der Waals surface area contributed by atoms with E-state index in [0.29, 0.717) is 12.8 Å². The Kier molecular flexibility index (Phi) is 48.5. The number of carbonyl (C=O) groups is 3. The third-order valence-electron chi connectivity index (χ3n) is 10.8. The van der Waals surface area contributed by atoms with Gasteiger partial charge in [-0.25, -0.2) is 0 Å². The highest BCUT2D eigenvalue weighted by atomic mass is 16.6. The summed E-state index contributed by atoms with van der Waals surface area (Å²) in [5, 5.41) is 0. The first-order valence-corrected chi connectivity index (χ1v) is 26.1. The topological polar surface area (TPSA) is 78.9 Å². The second-order valence-electron chi connectivity index (χ2n) is 17.1. The van der Waals surface area contributed by atoms with Crippen molar-refractivity contribution in [3.05, 3.63) is 85.1 Å². The van der Waals surface area contributed by atoms with Gasteiger partial charge in [-0.3, -0.25) is 14.4 Å². The van der Waals surface area contributed by atoms with Crippen molar-refractivity contribution in [3.8, 4) is 0 Å². The molecule has 1 atom stereocenters. The predicted octanol–water partition coefficient (Wildman–Crippen LogP) is 17.2. The molecule has 0 aliphatic heterocycles. The molecule has 0 saturated carbocycles. The Bertz CT molecular complexity index is 1240. The van der Waals surface area contributed by atoms with Gasteiger partial charge in [0, 0.05) is 19.3 Å². The molecule has 0 saturated heterocycles. The Morgan fingerprint density at radius 3 is 0.968 bits per heavy atom. The highest BCUT2D eigenvalue weighted by molar-refractivity contribution is 5.71. The number of carbonyl (C=O) groups excluding carboxylic acids is 3. The molecule has 0 fully saturated rings. The van der Waals surface area contributed by atoms with Gasteiger partial charge in [-0.15, -0.1) is 0 Å². The maximum atomic E-state index is 12.8. The van der Waals surface area contributed by atoms with Crippen LogP contribution in [-0.4, -0.2) is 37.2 Å². The number of hydrogen-bond acceptors (Lipinski definition) is 6. The molecule has 0 aromatic heterocycles. The molecule has 0 rings (SSSR count).